The molecule has 0 fully saturated rings. The molecule has 0 bridgehead atoms. The number of hydrogen-bond donors (Lipinski definition) is 0. The van der Waals surface area contributed by atoms with Gasteiger partial charge in [0, 0.05) is 5.39 Å². The molecule has 0 N–H and O–H groups in total. The summed E-state index contributed by atoms with van der Waals surface area (Å²) in [4.78, 5) is 2.25. The van der Waals surface area contributed by atoms with Crippen molar-refractivity contribution in [1.82, 2.24) is 0 Å². The maximum Gasteiger partial charge on any atom is 0.151 e. The van der Waals surface area contributed by atoms with Gasteiger partial charge < -0.3 is 9.64 Å². The van der Waals surface area contributed by atoms with Gasteiger partial charge in [-0.15, -0.1) is 0 Å². The SMILES string of the molecule is C=CC1=C(/C=C\C)N(c2cccc3ccccc23)c2ccccc2O1.CC.CC. The van der Waals surface area contributed by atoms with Crippen molar-refractivity contribution in [2.75, 3.05) is 4.90 Å². The lowest BCUT2D eigenvalue weighted by Gasteiger charge is -2.33. The molecular formula is C27H31NO. The predicted molar refractivity (Wildman–Crippen MR) is 128 cm³/mol. The van der Waals surface area contributed by atoms with Crippen molar-refractivity contribution in [2.45, 2.75) is 34.6 Å². The molecule has 2 heteroatoms. The summed E-state index contributed by atoms with van der Waals surface area (Å²) >= 11 is 0. The second-order valence-corrected chi connectivity index (χ2v) is 5.86. The van der Waals surface area contributed by atoms with E-state index in [1.807, 2.05) is 58.9 Å². The van der Waals surface area contributed by atoms with Crippen LogP contribution in [0.5, 0.6) is 5.75 Å². The topological polar surface area (TPSA) is 12.5 Å². The van der Waals surface area contributed by atoms with Crippen molar-refractivity contribution in [3.63, 3.8) is 0 Å². The van der Waals surface area contributed by atoms with Crippen LogP contribution in [0, 0.1) is 0 Å². The molecule has 0 spiro atoms. The van der Waals surface area contributed by atoms with E-state index in [1.165, 1.54) is 10.8 Å². The zero-order valence-electron chi connectivity index (χ0n) is 18.1. The van der Waals surface area contributed by atoms with Gasteiger partial charge >= 0.3 is 0 Å². The number of ether oxygens (including phenoxy) is 1. The Balaban J connectivity index is 0.000000707. The first-order valence-corrected chi connectivity index (χ1v) is 10.4. The number of allylic oxidation sites excluding steroid dienone is 3. The fourth-order valence-corrected chi connectivity index (χ4v) is 3.26. The zero-order valence-corrected chi connectivity index (χ0v) is 18.1. The summed E-state index contributed by atoms with van der Waals surface area (Å²) in [5, 5.41) is 2.41. The van der Waals surface area contributed by atoms with E-state index in [0.29, 0.717) is 0 Å². The predicted octanol–water partition coefficient (Wildman–Crippen LogP) is 8.40. The van der Waals surface area contributed by atoms with Crippen LogP contribution in [0.4, 0.5) is 11.4 Å². The van der Waals surface area contributed by atoms with Crippen LogP contribution in [0.15, 0.2) is 103 Å². The smallest absolute Gasteiger partial charge is 0.151 e. The van der Waals surface area contributed by atoms with E-state index in [2.05, 4.69) is 66.1 Å². The third-order valence-corrected chi connectivity index (χ3v) is 4.34. The van der Waals surface area contributed by atoms with Gasteiger partial charge in [0.2, 0.25) is 0 Å². The summed E-state index contributed by atoms with van der Waals surface area (Å²) < 4.78 is 6.08. The highest BCUT2D eigenvalue weighted by molar-refractivity contribution is 5.98. The van der Waals surface area contributed by atoms with Crippen molar-refractivity contribution in [3.05, 3.63) is 103 Å². The standard InChI is InChI=1S/C23H19NO.2C2H6/c1-3-10-20-22(4-2)25-23-16-8-7-14-21(23)24(20)19-15-9-12-17-11-5-6-13-18(17)19;2*1-2/h3-16H,2H2,1H3;2*1-2H3/b10-3-;;. The summed E-state index contributed by atoms with van der Waals surface area (Å²) in [7, 11) is 0. The lowest BCUT2D eigenvalue weighted by atomic mass is 10.1. The highest BCUT2D eigenvalue weighted by atomic mass is 16.5. The maximum atomic E-state index is 6.08. The van der Waals surface area contributed by atoms with Gasteiger partial charge in [0.1, 0.15) is 0 Å². The number of benzene rings is 3. The van der Waals surface area contributed by atoms with Crippen molar-refractivity contribution >= 4 is 22.1 Å². The summed E-state index contributed by atoms with van der Waals surface area (Å²) in [6, 6.07) is 22.9. The summed E-state index contributed by atoms with van der Waals surface area (Å²) in [5.74, 6) is 1.59. The zero-order chi connectivity index (χ0) is 21.2. The van der Waals surface area contributed by atoms with Crippen LogP contribution in [-0.2, 0) is 0 Å². The van der Waals surface area contributed by atoms with E-state index in [4.69, 9.17) is 4.74 Å². The van der Waals surface area contributed by atoms with Gasteiger partial charge in [-0.05, 0) is 42.7 Å². The molecule has 1 heterocycles. The number of hydrogen-bond acceptors (Lipinski definition) is 2. The number of anilines is 2. The van der Waals surface area contributed by atoms with Crippen LogP contribution >= 0.6 is 0 Å². The quantitative estimate of drug-likeness (QED) is 0.449. The molecule has 0 atom stereocenters. The molecule has 0 saturated carbocycles. The number of nitrogens with zero attached hydrogens (tertiary/aromatic N) is 1. The Bertz CT molecular complexity index is 1010. The Hall–Kier alpha value is -3.26. The van der Waals surface area contributed by atoms with Crippen molar-refractivity contribution in [1.29, 1.82) is 0 Å². The largest absolute Gasteiger partial charge is 0.453 e. The number of fused-ring (bicyclic) bond motifs is 2. The first-order chi connectivity index (χ1) is 14.3. The van der Waals surface area contributed by atoms with E-state index in [9.17, 15) is 0 Å². The summed E-state index contributed by atoms with van der Waals surface area (Å²) in [6.45, 7) is 13.9. The normalized spacial score (nSPS) is 12.4. The second-order valence-electron chi connectivity index (χ2n) is 5.86. The van der Waals surface area contributed by atoms with Crippen LogP contribution in [0.25, 0.3) is 10.8 Å². The Morgan fingerprint density at radius 1 is 0.793 bits per heavy atom. The molecule has 0 radical (unpaired) electrons. The molecular weight excluding hydrogens is 354 g/mol. The molecule has 3 aromatic rings. The fourth-order valence-electron chi connectivity index (χ4n) is 3.26. The Morgan fingerprint density at radius 2 is 1.41 bits per heavy atom. The Labute approximate surface area is 175 Å². The molecule has 1 aliphatic rings. The summed E-state index contributed by atoms with van der Waals surface area (Å²) in [6.07, 6.45) is 5.85. The fraction of sp³-hybridized carbons (Fsp3) is 0.185. The van der Waals surface area contributed by atoms with Gasteiger partial charge in [0.15, 0.2) is 11.5 Å². The Morgan fingerprint density at radius 3 is 2.14 bits per heavy atom. The average Bonchev–Trinajstić information content (AvgIpc) is 2.81. The lowest BCUT2D eigenvalue weighted by molar-refractivity contribution is 0.431. The molecule has 150 valence electrons. The molecule has 0 amide bonds. The van der Waals surface area contributed by atoms with E-state index < -0.39 is 0 Å². The third-order valence-electron chi connectivity index (χ3n) is 4.34. The molecule has 2 nitrogen and oxygen atoms in total. The second kappa shape index (κ2) is 10.9. The van der Waals surface area contributed by atoms with Crippen molar-refractivity contribution < 1.29 is 4.74 Å². The van der Waals surface area contributed by atoms with Gasteiger partial charge in [-0.3, -0.25) is 0 Å². The first-order valence-electron chi connectivity index (χ1n) is 10.4. The van der Waals surface area contributed by atoms with Crippen LogP contribution in [-0.4, -0.2) is 0 Å². The molecule has 4 rings (SSSR count). The van der Waals surface area contributed by atoms with Crippen LogP contribution in [0.1, 0.15) is 34.6 Å². The minimum atomic E-state index is 0.754. The van der Waals surface area contributed by atoms with Crippen molar-refractivity contribution in [3.8, 4) is 5.75 Å². The highest BCUT2D eigenvalue weighted by Gasteiger charge is 2.26. The van der Waals surface area contributed by atoms with Crippen LogP contribution < -0.4 is 9.64 Å². The molecule has 3 aromatic carbocycles. The molecule has 1 aliphatic heterocycles. The van der Waals surface area contributed by atoms with Gasteiger partial charge in [0.25, 0.3) is 0 Å². The first kappa shape index (κ1) is 22.0. The van der Waals surface area contributed by atoms with Gasteiger partial charge in [0.05, 0.1) is 17.1 Å². The number of rotatable bonds is 3. The minimum absolute atomic E-state index is 0.754. The highest BCUT2D eigenvalue weighted by Crippen LogP contribution is 2.44. The molecule has 0 aliphatic carbocycles. The molecule has 0 aromatic heterocycles. The summed E-state index contributed by atoms with van der Waals surface area (Å²) in [5.41, 5.74) is 3.13. The van der Waals surface area contributed by atoms with E-state index in [1.54, 1.807) is 6.08 Å². The van der Waals surface area contributed by atoms with E-state index in [-0.39, 0.29) is 0 Å². The van der Waals surface area contributed by atoms with Crippen molar-refractivity contribution in [2.24, 2.45) is 0 Å². The van der Waals surface area contributed by atoms with Gasteiger partial charge in [-0.25, -0.2) is 0 Å². The average molecular weight is 386 g/mol. The lowest BCUT2D eigenvalue weighted by Crippen LogP contribution is -2.23. The van der Waals surface area contributed by atoms with E-state index in [0.717, 1.165) is 28.6 Å². The third kappa shape index (κ3) is 4.43. The van der Waals surface area contributed by atoms with E-state index >= 15 is 0 Å². The molecule has 0 unspecified atom stereocenters. The maximum absolute atomic E-state index is 6.08. The molecule has 0 saturated heterocycles. The van der Waals surface area contributed by atoms with Crippen LogP contribution in [0.2, 0.25) is 0 Å². The molecule has 29 heavy (non-hydrogen) atoms. The van der Waals surface area contributed by atoms with Gasteiger partial charge in [-0.1, -0.05) is 88.9 Å². The Kier molecular flexibility index (Phi) is 8.29. The minimum Gasteiger partial charge on any atom is -0.453 e. The monoisotopic (exact) mass is 385 g/mol. The van der Waals surface area contributed by atoms with Gasteiger partial charge in [-0.2, -0.15) is 0 Å². The van der Waals surface area contributed by atoms with Crippen LogP contribution in [0.3, 0.4) is 0 Å². The number of para-hydroxylation sites is 2.